The van der Waals surface area contributed by atoms with E-state index in [1.807, 2.05) is 31.1 Å². The number of hydrogen-bond acceptors (Lipinski definition) is 3. The van der Waals surface area contributed by atoms with Gasteiger partial charge in [0, 0.05) is 29.6 Å². The van der Waals surface area contributed by atoms with Crippen LogP contribution >= 0.6 is 11.8 Å². The summed E-state index contributed by atoms with van der Waals surface area (Å²) in [6, 6.07) is 19.3. The Morgan fingerprint density at radius 1 is 1.04 bits per heavy atom. The number of aromatic nitrogens is 2. The summed E-state index contributed by atoms with van der Waals surface area (Å²) >= 11 is 1.83. The van der Waals surface area contributed by atoms with Crippen molar-refractivity contribution in [3.05, 3.63) is 78.4 Å². The van der Waals surface area contributed by atoms with Crippen molar-refractivity contribution >= 4 is 11.8 Å². The van der Waals surface area contributed by atoms with Gasteiger partial charge in [0.2, 0.25) is 0 Å². The highest BCUT2D eigenvalue weighted by Gasteiger charge is 2.36. The standard InChI is InChI=1S/C21H22N2OS/c1-17-22-14-15-23(17)19-11-9-18(10-12-19)21(13-5-6-16-24-21)25-20-7-3-2-4-8-20/h2-4,7-12,14-15H,5-6,13,16H2,1H3. The first-order valence-corrected chi connectivity index (χ1v) is 9.57. The first-order chi connectivity index (χ1) is 12.3. The van der Waals surface area contributed by atoms with Crippen LogP contribution in [0, 0.1) is 6.92 Å². The fourth-order valence-electron chi connectivity index (χ4n) is 3.34. The van der Waals surface area contributed by atoms with Gasteiger partial charge in [0.25, 0.3) is 0 Å². The number of benzene rings is 2. The fraction of sp³-hybridized carbons (Fsp3) is 0.286. The largest absolute Gasteiger partial charge is 0.360 e. The first-order valence-electron chi connectivity index (χ1n) is 8.76. The Hall–Kier alpha value is -2.04. The van der Waals surface area contributed by atoms with Gasteiger partial charge in [-0.15, -0.1) is 0 Å². The molecule has 0 spiro atoms. The molecule has 2 heterocycles. The zero-order valence-corrected chi connectivity index (χ0v) is 15.2. The van der Waals surface area contributed by atoms with E-state index in [-0.39, 0.29) is 4.93 Å². The predicted molar refractivity (Wildman–Crippen MR) is 102 cm³/mol. The first kappa shape index (κ1) is 16.4. The average molecular weight is 350 g/mol. The van der Waals surface area contributed by atoms with Crippen LogP contribution in [-0.4, -0.2) is 16.2 Å². The average Bonchev–Trinajstić information content (AvgIpc) is 3.09. The van der Waals surface area contributed by atoms with Gasteiger partial charge in [-0.2, -0.15) is 0 Å². The smallest absolute Gasteiger partial charge is 0.143 e. The van der Waals surface area contributed by atoms with Crippen LogP contribution in [0.1, 0.15) is 30.7 Å². The minimum atomic E-state index is -0.290. The van der Waals surface area contributed by atoms with Gasteiger partial charge in [0.05, 0.1) is 0 Å². The molecular weight excluding hydrogens is 328 g/mol. The van der Waals surface area contributed by atoms with Crippen molar-refractivity contribution in [2.45, 2.75) is 36.0 Å². The summed E-state index contributed by atoms with van der Waals surface area (Å²) in [6.07, 6.45) is 7.21. The molecule has 0 saturated carbocycles. The van der Waals surface area contributed by atoms with Gasteiger partial charge in [-0.25, -0.2) is 4.98 Å². The van der Waals surface area contributed by atoms with E-state index in [9.17, 15) is 0 Å². The molecule has 1 saturated heterocycles. The number of imidazole rings is 1. The topological polar surface area (TPSA) is 27.1 Å². The molecule has 1 aromatic heterocycles. The molecule has 25 heavy (non-hydrogen) atoms. The van der Waals surface area contributed by atoms with Crippen LogP contribution in [-0.2, 0) is 9.67 Å². The van der Waals surface area contributed by atoms with Gasteiger partial charge in [0.1, 0.15) is 10.8 Å². The zero-order chi connectivity index (χ0) is 17.1. The molecule has 4 rings (SSSR count). The quantitative estimate of drug-likeness (QED) is 0.637. The zero-order valence-electron chi connectivity index (χ0n) is 14.4. The van der Waals surface area contributed by atoms with Crippen molar-refractivity contribution in [3.63, 3.8) is 0 Å². The molecule has 3 nitrogen and oxygen atoms in total. The van der Waals surface area contributed by atoms with Gasteiger partial charge in [-0.05, 0) is 56.0 Å². The number of hydrogen-bond donors (Lipinski definition) is 0. The molecule has 1 unspecified atom stereocenters. The van der Waals surface area contributed by atoms with Crippen molar-refractivity contribution in [1.29, 1.82) is 0 Å². The highest BCUT2D eigenvalue weighted by molar-refractivity contribution is 8.00. The third kappa shape index (κ3) is 3.37. The molecule has 1 aliphatic heterocycles. The van der Waals surface area contributed by atoms with Crippen molar-refractivity contribution < 1.29 is 4.74 Å². The summed E-state index contributed by atoms with van der Waals surface area (Å²) in [4.78, 5) is 5.27. The normalized spacial score (nSPS) is 20.5. The molecule has 4 heteroatoms. The highest BCUT2D eigenvalue weighted by Crippen LogP contribution is 2.48. The minimum Gasteiger partial charge on any atom is -0.360 e. The Balaban J connectivity index is 1.66. The second-order valence-electron chi connectivity index (χ2n) is 6.36. The SMILES string of the molecule is Cc1nccn1-c1ccc(C2(Sc3ccccc3)CCCCO2)cc1. The summed E-state index contributed by atoms with van der Waals surface area (Å²) in [7, 11) is 0. The third-order valence-corrected chi connectivity index (χ3v) is 6.07. The van der Waals surface area contributed by atoms with Crippen LogP contribution in [0.15, 0.2) is 71.9 Å². The lowest BCUT2D eigenvalue weighted by molar-refractivity contribution is -0.0139. The Morgan fingerprint density at radius 3 is 2.48 bits per heavy atom. The summed E-state index contributed by atoms with van der Waals surface area (Å²) in [5.74, 6) is 0.995. The molecule has 128 valence electrons. The number of ether oxygens (including phenoxy) is 1. The maximum absolute atomic E-state index is 6.35. The second kappa shape index (κ2) is 7.06. The fourth-order valence-corrected chi connectivity index (χ4v) is 4.66. The van der Waals surface area contributed by atoms with E-state index in [0.29, 0.717) is 0 Å². The number of nitrogens with zero attached hydrogens (tertiary/aromatic N) is 2. The maximum Gasteiger partial charge on any atom is 0.143 e. The summed E-state index contributed by atoms with van der Waals surface area (Å²) < 4.78 is 8.45. The van der Waals surface area contributed by atoms with Crippen LogP contribution < -0.4 is 0 Å². The van der Waals surface area contributed by atoms with Gasteiger partial charge < -0.3 is 9.30 Å². The minimum absolute atomic E-state index is 0.290. The van der Waals surface area contributed by atoms with Crippen molar-refractivity contribution in [1.82, 2.24) is 9.55 Å². The van der Waals surface area contributed by atoms with E-state index in [4.69, 9.17) is 4.74 Å². The van der Waals surface area contributed by atoms with E-state index in [2.05, 4.69) is 64.1 Å². The lowest BCUT2D eigenvalue weighted by atomic mass is 10.0. The Kier molecular flexibility index (Phi) is 4.64. The Morgan fingerprint density at radius 2 is 1.84 bits per heavy atom. The summed E-state index contributed by atoms with van der Waals surface area (Å²) in [5.41, 5.74) is 2.37. The van der Waals surface area contributed by atoms with Crippen LogP contribution in [0.2, 0.25) is 0 Å². The maximum atomic E-state index is 6.35. The molecule has 0 radical (unpaired) electrons. The molecule has 3 aromatic rings. The lowest BCUT2D eigenvalue weighted by Gasteiger charge is -2.37. The molecule has 0 aliphatic carbocycles. The number of rotatable bonds is 4. The third-order valence-electron chi connectivity index (χ3n) is 4.67. The lowest BCUT2D eigenvalue weighted by Crippen LogP contribution is -2.30. The van der Waals surface area contributed by atoms with E-state index < -0.39 is 0 Å². The Bertz CT molecular complexity index is 821. The van der Waals surface area contributed by atoms with Crippen molar-refractivity contribution in [2.24, 2.45) is 0 Å². The summed E-state index contributed by atoms with van der Waals surface area (Å²) in [5, 5.41) is 0. The molecule has 1 aliphatic rings. The monoisotopic (exact) mass is 350 g/mol. The van der Waals surface area contributed by atoms with Gasteiger partial charge in [-0.3, -0.25) is 0 Å². The Labute approximate surface area is 153 Å². The van der Waals surface area contributed by atoms with Gasteiger partial charge in [-0.1, -0.05) is 42.1 Å². The molecular formula is C21H22N2OS. The summed E-state index contributed by atoms with van der Waals surface area (Å²) in [6.45, 7) is 2.84. The molecule has 0 bridgehead atoms. The molecule has 1 fully saturated rings. The van der Waals surface area contributed by atoms with E-state index in [0.717, 1.165) is 31.0 Å². The number of thioether (sulfide) groups is 1. The molecule has 1 atom stereocenters. The second-order valence-corrected chi connectivity index (χ2v) is 7.70. The van der Waals surface area contributed by atoms with Crippen molar-refractivity contribution in [2.75, 3.05) is 6.61 Å². The molecule has 0 amide bonds. The van der Waals surface area contributed by atoms with E-state index >= 15 is 0 Å². The number of aryl methyl sites for hydroxylation is 1. The van der Waals surface area contributed by atoms with Gasteiger partial charge >= 0.3 is 0 Å². The molecule has 0 N–H and O–H groups in total. The van der Waals surface area contributed by atoms with Crippen LogP contribution in [0.25, 0.3) is 5.69 Å². The van der Waals surface area contributed by atoms with Crippen LogP contribution in [0.3, 0.4) is 0 Å². The van der Waals surface area contributed by atoms with Crippen LogP contribution in [0.5, 0.6) is 0 Å². The van der Waals surface area contributed by atoms with Gasteiger partial charge in [0.15, 0.2) is 0 Å². The van der Waals surface area contributed by atoms with Crippen LogP contribution in [0.4, 0.5) is 0 Å². The molecule has 2 aromatic carbocycles. The predicted octanol–water partition coefficient (Wildman–Crippen LogP) is 5.33. The highest BCUT2D eigenvalue weighted by atomic mass is 32.2. The van der Waals surface area contributed by atoms with E-state index in [1.54, 1.807) is 0 Å². The van der Waals surface area contributed by atoms with E-state index in [1.165, 1.54) is 16.9 Å². The van der Waals surface area contributed by atoms with Crippen molar-refractivity contribution in [3.8, 4) is 5.69 Å².